The van der Waals surface area contributed by atoms with Gasteiger partial charge in [-0.3, -0.25) is 9.59 Å². The molecule has 3 fully saturated rings. The second-order valence-electron chi connectivity index (χ2n) is 10.6. The van der Waals surface area contributed by atoms with Crippen LogP contribution in [0.2, 0.25) is 0 Å². The molecule has 2 bridgehead atoms. The van der Waals surface area contributed by atoms with E-state index in [4.69, 9.17) is 4.74 Å². The molecule has 3 aliphatic rings. The van der Waals surface area contributed by atoms with Gasteiger partial charge in [0.15, 0.2) is 11.5 Å². The van der Waals surface area contributed by atoms with Gasteiger partial charge < -0.3 is 25.2 Å². The molecular weight excluding hydrogens is 424 g/mol. The highest BCUT2D eigenvalue weighted by atomic mass is 16.5. The van der Waals surface area contributed by atoms with E-state index in [0.717, 1.165) is 18.9 Å². The Balaban J connectivity index is 1.39. The van der Waals surface area contributed by atoms with Crippen molar-refractivity contribution in [3.63, 3.8) is 0 Å². The van der Waals surface area contributed by atoms with E-state index in [1.807, 2.05) is 0 Å². The summed E-state index contributed by atoms with van der Waals surface area (Å²) in [5.41, 5.74) is 0.206. The van der Waals surface area contributed by atoms with Gasteiger partial charge in [0.25, 0.3) is 5.91 Å². The van der Waals surface area contributed by atoms with Gasteiger partial charge >= 0.3 is 5.97 Å². The lowest BCUT2D eigenvalue weighted by atomic mass is 9.70. The van der Waals surface area contributed by atoms with Crippen LogP contribution in [0.15, 0.2) is 18.2 Å². The highest BCUT2D eigenvalue weighted by Crippen LogP contribution is 2.66. The van der Waals surface area contributed by atoms with Crippen molar-refractivity contribution in [3.05, 3.63) is 23.8 Å². The van der Waals surface area contributed by atoms with Crippen molar-refractivity contribution in [2.24, 2.45) is 16.7 Å². The molecule has 4 rings (SSSR count). The third kappa shape index (κ3) is 3.83. The van der Waals surface area contributed by atoms with Gasteiger partial charge in [0.2, 0.25) is 5.91 Å². The topological polar surface area (TPSA) is 116 Å². The maximum atomic E-state index is 13.1. The molecule has 2 aliphatic carbocycles. The summed E-state index contributed by atoms with van der Waals surface area (Å²) in [4.78, 5) is 40.2. The molecule has 0 aromatic heterocycles. The summed E-state index contributed by atoms with van der Waals surface area (Å²) in [5.74, 6) is -1.44. The van der Waals surface area contributed by atoms with E-state index >= 15 is 0 Å². The van der Waals surface area contributed by atoms with Gasteiger partial charge in [0.05, 0.1) is 0 Å². The van der Waals surface area contributed by atoms with Crippen LogP contribution in [0.3, 0.4) is 0 Å². The fourth-order valence-corrected chi connectivity index (χ4v) is 6.06. The van der Waals surface area contributed by atoms with Gasteiger partial charge in [0.1, 0.15) is 18.2 Å². The van der Waals surface area contributed by atoms with Crippen LogP contribution < -0.4 is 5.32 Å². The van der Waals surface area contributed by atoms with Crippen molar-refractivity contribution in [1.82, 2.24) is 10.2 Å². The van der Waals surface area contributed by atoms with E-state index in [2.05, 4.69) is 26.1 Å². The number of likely N-dealkylation sites (tertiary alicyclic amines) is 1. The van der Waals surface area contributed by atoms with E-state index < -0.39 is 23.7 Å². The Hall–Kier alpha value is -2.77. The first-order valence-corrected chi connectivity index (χ1v) is 11.8. The number of carbonyl (C=O) groups excluding carboxylic acids is 3. The lowest BCUT2D eigenvalue weighted by Crippen LogP contribution is -2.51. The van der Waals surface area contributed by atoms with E-state index in [-0.39, 0.29) is 40.1 Å². The molecule has 1 saturated heterocycles. The van der Waals surface area contributed by atoms with Crippen LogP contribution in [-0.2, 0) is 14.3 Å². The molecule has 8 heteroatoms. The zero-order valence-electron chi connectivity index (χ0n) is 19.8. The summed E-state index contributed by atoms with van der Waals surface area (Å²) in [6.45, 7) is 8.76. The number of nitrogens with zero attached hydrogens (tertiary/aromatic N) is 1. The molecule has 2 amide bonds. The highest BCUT2D eigenvalue weighted by molar-refractivity contribution is 5.98. The first kappa shape index (κ1) is 23.4. The molecular formula is C25H34N2O6. The highest BCUT2D eigenvalue weighted by Gasteiger charge is 2.63. The van der Waals surface area contributed by atoms with Crippen molar-refractivity contribution in [2.75, 3.05) is 6.54 Å². The van der Waals surface area contributed by atoms with Gasteiger partial charge in [-0.25, -0.2) is 4.79 Å². The van der Waals surface area contributed by atoms with E-state index in [0.29, 0.717) is 25.3 Å². The SMILES string of the molecule is C[C@H](NC(=O)c1ccc(O)c(O)c1)C(=O)N1CCC[C@H]1C(=O)OC1CC2CCC1(C)C2(C)C. The molecule has 1 aromatic rings. The van der Waals surface area contributed by atoms with Crippen LogP contribution >= 0.6 is 0 Å². The fourth-order valence-electron chi connectivity index (χ4n) is 6.06. The number of aromatic hydroxyl groups is 2. The number of nitrogens with one attached hydrogen (secondary N) is 1. The third-order valence-electron chi connectivity index (χ3n) is 8.74. The summed E-state index contributed by atoms with van der Waals surface area (Å²) in [6, 6.07) is 2.20. The second kappa shape index (κ2) is 8.22. The molecule has 8 nitrogen and oxygen atoms in total. The van der Waals surface area contributed by atoms with E-state index in [1.54, 1.807) is 6.92 Å². The molecule has 1 heterocycles. The molecule has 33 heavy (non-hydrogen) atoms. The summed E-state index contributed by atoms with van der Waals surface area (Å²) in [7, 11) is 0. The van der Waals surface area contributed by atoms with Gasteiger partial charge in [-0.2, -0.15) is 0 Å². The molecule has 1 aliphatic heterocycles. The molecule has 5 atom stereocenters. The molecule has 0 radical (unpaired) electrons. The number of benzene rings is 1. The first-order chi connectivity index (χ1) is 15.5. The third-order valence-corrected chi connectivity index (χ3v) is 8.74. The predicted octanol–water partition coefficient (Wildman–Crippen LogP) is 2.97. The fraction of sp³-hybridized carbons (Fsp3) is 0.640. The van der Waals surface area contributed by atoms with Crippen molar-refractivity contribution >= 4 is 17.8 Å². The number of ether oxygens (including phenoxy) is 1. The Morgan fingerprint density at radius 1 is 1.15 bits per heavy atom. The molecule has 0 spiro atoms. The number of fused-ring (bicyclic) bond motifs is 2. The number of amides is 2. The van der Waals surface area contributed by atoms with Crippen LogP contribution in [0.5, 0.6) is 11.5 Å². The van der Waals surface area contributed by atoms with Crippen LogP contribution in [0.4, 0.5) is 0 Å². The first-order valence-electron chi connectivity index (χ1n) is 11.8. The maximum absolute atomic E-state index is 13.1. The number of hydrogen-bond acceptors (Lipinski definition) is 6. The lowest BCUT2D eigenvalue weighted by molar-refractivity contribution is -0.165. The molecule has 2 saturated carbocycles. The normalized spacial score (nSPS) is 30.8. The maximum Gasteiger partial charge on any atom is 0.329 e. The quantitative estimate of drug-likeness (QED) is 0.461. The molecule has 1 aromatic carbocycles. The Morgan fingerprint density at radius 3 is 2.48 bits per heavy atom. The lowest BCUT2D eigenvalue weighted by Gasteiger charge is -2.39. The zero-order chi connectivity index (χ0) is 24.1. The van der Waals surface area contributed by atoms with E-state index in [9.17, 15) is 24.6 Å². The standard InChI is InChI=1S/C25H34N2O6/c1-14(26-21(30)15-7-8-18(28)19(29)12-15)22(31)27-11-5-6-17(27)23(32)33-20-13-16-9-10-25(20,4)24(16,2)3/h7-8,12,14,16-17,20,28-29H,5-6,9-11,13H2,1-4H3,(H,26,30)/t14-,16?,17-,20?,25?/m0/s1. The minimum atomic E-state index is -0.860. The minimum absolute atomic E-state index is 0.0439. The van der Waals surface area contributed by atoms with Crippen molar-refractivity contribution in [1.29, 1.82) is 0 Å². The average molecular weight is 459 g/mol. The van der Waals surface area contributed by atoms with Crippen molar-refractivity contribution in [2.45, 2.75) is 78.0 Å². The summed E-state index contributed by atoms with van der Waals surface area (Å²) < 4.78 is 6.03. The van der Waals surface area contributed by atoms with E-state index in [1.165, 1.54) is 23.5 Å². The summed E-state index contributed by atoms with van der Waals surface area (Å²) in [5, 5.41) is 21.6. The number of carbonyl (C=O) groups is 3. The zero-order valence-corrected chi connectivity index (χ0v) is 19.8. The Bertz CT molecular complexity index is 976. The Morgan fingerprint density at radius 2 is 1.88 bits per heavy atom. The smallest absolute Gasteiger partial charge is 0.329 e. The predicted molar refractivity (Wildman–Crippen MR) is 121 cm³/mol. The van der Waals surface area contributed by atoms with Crippen molar-refractivity contribution in [3.8, 4) is 11.5 Å². The van der Waals surface area contributed by atoms with Gasteiger partial charge in [-0.15, -0.1) is 0 Å². The molecule has 180 valence electrons. The Labute approximate surface area is 194 Å². The van der Waals surface area contributed by atoms with Crippen LogP contribution in [0, 0.1) is 16.7 Å². The summed E-state index contributed by atoms with van der Waals surface area (Å²) in [6.07, 6.45) is 4.21. The molecule has 3 unspecified atom stereocenters. The summed E-state index contributed by atoms with van der Waals surface area (Å²) >= 11 is 0. The monoisotopic (exact) mass is 458 g/mol. The largest absolute Gasteiger partial charge is 0.504 e. The van der Waals surface area contributed by atoms with Crippen LogP contribution in [-0.4, -0.2) is 57.6 Å². The number of hydrogen-bond donors (Lipinski definition) is 3. The number of phenolic OH excluding ortho intramolecular Hbond substituents is 2. The number of phenols is 2. The molecule has 3 N–H and O–H groups in total. The Kier molecular flexibility index (Phi) is 5.83. The average Bonchev–Trinajstić information content (AvgIpc) is 3.38. The second-order valence-corrected chi connectivity index (χ2v) is 10.6. The number of esters is 1. The minimum Gasteiger partial charge on any atom is -0.504 e. The van der Waals surface area contributed by atoms with Gasteiger partial charge in [-0.1, -0.05) is 20.8 Å². The van der Waals surface area contributed by atoms with Crippen LogP contribution in [0.25, 0.3) is 0 Å². The van der Waals surface area contributed by atoms with Gasteiger partial charge in [-0.05, 0) is 68.6 Å². The van der Waals surface area contributed by atoms with Gasteiger partial charge in [0, 0.05) is 17.5 Å². The van der Waals surface area contributed by atoms with Crippen molar-refractivity contribution < 1.29 is 29.3 Å². The number of rotatable bonds is 5. The van der Waals surface area contributed by atoms with Crippen LogP contribution in [0.1, 0.15) is 70.2 Å².